The number of rotatable bonds is 3. The fraction of sp³-hybridized carbons (Fsp3) is 0.0909. The molecule has 0 amide bonds. The van der Waals surface area contributed by atoms with Gasteiger partial charge in [0.25, 0.3) is 0 Å². The van der Waals surface area contributed by atoms with Gasteiger partial charge in [-0.2, -0.15) is 0 Å². The lowest BCUT2D eigenvalue weighted by atomic mass is 10.1. The molecular formula is C11H7Cl2NOS. The zero-order chi connectivity index (χ0) is 11.5. The van der Waals surface area contributed by atoms with Crippen LogP contribution in [-0.2, 0) is 6.42 Å². The molecule has 2 nitrogen and oxygen atoms in total. The highest BCUT2D eigenvalue weighted by atomic mass is 35.5. The Kier molecular flexibility index (Phi) is 3.59. The molecule has 0 radical (unpaired) electrons. The molecule has 0 fully saturated rings. The molecule has 1 aromatic heterocycles. The summed E-state index contributed by atoms with van der Waals surface area (Å²) in [4.78, 5) is 15.7. The van der Waals surface area contributed by atoms with E-state index in [1.165, 1.54) is 11.3 Å². The molecule has 0 saturated carbocycles. The summed E-state index contributed by atoms with van der Waals surface area (Å²) in [7, 11) is 0. The topological polar surface area (TPSA) is 30.0 Å². The van der Waals surface area contributed by atoms with Crippen molar-refractivity contribution in [2.24, 2.45) is 0 Å². The van der Waals surface area contributed by atoms with E-state index in [0.29, 0.717) is 15.7 Å². The fourth-order valence-electron chi connectivity index (χ4n) is 1.30. The van der Waals surface area contributed by atoms with Crippen LogP contribution in [0, 0.1) is 0 Å². The summed E-state index contributed by atoms with van der Waals surface area (Å²) in [6.45, 7) is 0. The van der Waals surface area contributed by atoms with E-state index >= 15 is 0 Å². The first kappa shape index (κ1) is 11.6. The van der Waals surface area contributed by atoms with Gasteiger partial charge in [0, 0.05) is 11.8 Å². The molecule has 0 aliphatic heterocycles. The van der Waals surface area contributed by atoms with Gasteiger partial charge in [0.05, 0.1) is 15.6 Å². The predicted molar refractivity (Wildman–Crippen MR) is 66.6 cm³/mol. The maximum atomic E-state index is 11.8. The molecule has 0 atom stereocenters. The third-order valence-corrected chi connectivity index (χ3v) is 3.55. The molecule has 82 valence electrons. The number of thiazole rings is 1. The maximum Gasteiger partial charge on any atom is 0.186 e. The summed E-state index contributed by atoms with van der Waals surface area (Å²) < 4.78 is 0. The minimum absolute atomic E-state index is 0.0505. The molecule has 1 aromatic carbocycles. The Morgan fingerprint density at radius 3 is 2.88 bits per heavy atom. The first-order chi connectivity index (χ1) is 7.68. The summed E-state index contributed by atoms with van der Waals surface area (Å²) in [5.41, 5.74) is 2.83. The zero-order valence-electron chi connectivity index (χ0n) is 8.11. The van der Waals surface area contributed by atoms with Crippen LogP contribution in [0.3, 0.4) is 0 Å². The molecular weight excluding hydrogens is 265 g/mol. The molecule has 0 saturated heterocycles. The van der Waals surface area contributed by atoms with Crippen molar-refractivity contribution in [1.82, 2.24) is 4.98 Å². The largest absolute Gasteiger partial charge is 0.292 e. The van der Waals surface area contributed by atoms with Crippen molar-refractivity contribution in [3.05, 3.63) is 50.4 Å². The second-order valence-electron chi connectivity index (χ2n) is 3.19. The van der Waals surface area contributed by atoms with Gasteiger partial charge in [0.2, 0.25) is 0 Å². The molecule has 16 heavy (non-hydrogen) atoms. The first-order valence-electron chi connectivity index (χ1n) is 4.53. The predicted octanol–water partition coefficient (Wildman–Crippen LogP) is 3.88. The minimum atomic E-state index is -0.0505. The molecule has 0 unspecified atom stereocenters. The molecule has 2 aromatic rings. The molecule has 2 rings (SSSR count). The molecule has 1 heterocycles. The van der Waals surface area contributed by atoms with Gasteiger partial charge in [-0.1, -0.05) is 35.3 Å². The van der Waals surface area contributed by atoms with Gasteiger partial charge >= 0.3 is 0 Å². The summed E-state index contributed by atoms with van der Waals surface area (Å²) in [5.74, 6) is -0.0505. The quantitative estimate of drug-likeness (QED) is 0.794. The number of benzene rings is 1. The molecule has 0 aliphatic carbocycles. The van der Waals surface area contributed by atoms with Gasteiger partial charge in [-0.05, 0) is 11.6 Å². The molecule has 5 heteroatoms. The molecule has 0 bridgehead atoms. The molecule has 0 N–H and O–H groups in total. The van der Waals surface area contributed by atoms with Crippen LogP contribution < -0.4 is 0 Å². The first-order valence-corrected chi connectivity index (χ1v) is 6.22. The lowest BCUT2D eigenvalue weighted by molar-refractivity contribution is 0.0989. The van der Waals surface area contributed by atoms with Gasteiger partial charge in [-0.3, -0.25) is 4.79 Å². The van der Waals surface area contributed by atoms with Crippen LogP contribution in [-0.4, -0.2) is 10.8 Å². The summed E-state index contributed by atoms with van der Waals surface area (Å²) in [6, 6.07) is 5.26. The molecule has 0 aliphatic rings. The number of hydrogen-bond donors (Lipinski definition) is 0. The fourth-order valence-corrected chi connectivity index (χ4v) is 2.24. The van der Waals surface area contributed by atoms with Crippen molar-refractivity contribution < 1.29 is 4.79 Å². The number of hydrogen-bond acceptors (Lipinski definition) is 3. The number of nitrogens with zero attached hydrogens (tertiary/aromatic N) is 1. The highest BCUT2D eigenvalue weighted by Gasteiger charge is 2.12. The number of Topliss-reactive ketones (excluding diaryl/α,β-unsaturated/α-hetero) is 1. The number of aromatic nitrogens is 1. The van der Waals surface area contributed by atoms with Crippen LogP contribution >= 0.6 is 34.5 Å². The van der Waals surface area contributed by atoms with Gasteiger partial charge < -0.3 is 0 Å². The van der Waals surface area contributed by atoms with Crippen molar-refractivity contribution in [2.45, 2.75) is 6.42 Å². The summed E-state index contributed by atoms with van der Waals surface area (Å²) in [5, 5.41) is 2.62. The third-order valence-electron chi connectivity index (χ3n) is 2.10. The van der Waals surface area contributed by atoms with Gasteiger partial charge in [0.15, 0.2) is 5.78 Å². The van der Waals surface area contributed by atoms with Crippen LogP contribution in [0.15, 0.2) is 29.1 Å². The number of carbonyl (C=O) groups excluding carboxylic acids is 1. The van der Waals surface area contributed by atoms with Crippen LogP contribution in [0.5, 0.6) is 0 Å². The number of halogens is 2. The van der Waals surface area contributed by atoms with E-state index in [1.54, 1.807) is 29.1 Å². The normalized spacial score (nSPS) is 10.4. The van der Waals surface area contributed by atoms with E-state index in [2.05, 4.69) is 4.98 Å². The monoisotopic (exact) mass is 271 g/mol. The van der Waals surface area contributed by atoms with E-state index in [9.17, 15) is 4.79 Å². The van der Waals surface area contributed by atoms with Gasteiger partial charge in [-0.25, -0.2) is 4.98 Å². The molecule has 0 spiro atoms. The Hall–Kier alpha value is -0.900. The van der Waals surface area contributed by atoms with Crippen LogP contribution in [0.1, 0.15) is 16.1 Å². The Balaban J connectivity index is 2.22. The minimum Gasteiger partial charge on any atom is -0.292 e. The summed E-state index contributed by atoms with van der Waals surface area (Å²) >= 11 is 13.3. The van der Waals surface area contributed by atoms with Gasteiger partial charge in [0.1, 0.15) is 5.69 Å². The highest BCUT2D eigenvalue weighted by Crippen LogP contribution is 2.26. The van der Waals surface area contributed by atoms with E-state index in [4.69, 9.17) is 23.2 Å². The Bertz CT molecular complexity index is 511. The number of carbonyl (C=O) groups is 1. The average molecular weight is 272 g/mol. The maximum absolute atomic E-state index is 11.8. The van der Waals surface area contributed by atoms with Crippen LogP contribution in [0.25, 0.3) is 0 Å². The van der Waals surface area contributed by atoms with Crippen molar-refractivity contribution in [2.75, 3.05) is 0 Å². The lowest BCUT2D eigenvalue weighted by Crippen LogP contribution is -2.04. The van der Waals surface area contributed by atoms with Crippen molar-refractivity contribution in [1.29, 1.82) is 0 Å². The van der Waals surface area contributed by atoms with Crippen molar-refractivity contribution >= 4 is 40.3 Å². The number of ketones is 1. The van der Waals surface area contributed by atoms with Crippen LogP contribution in [0.2, 0.25) is 10.0 Å². The van der Waals surface area contributed by atoms with E-state index in [1.807, 2.05) is 0 Å². The second kappa shape index (κ2) is 4.95. The standard InChI is InChI=1S/C11H7Cl2NOS/c12-8-3-1-2-7(11(8)13)4-10(15)9-5-16-6-14-9/h1-3,5-6H,4H2. The smallest absolute Gasteiger partial charge is 0.186 e. The van der Waals surface area contributed by atoms with Crippen molar-refractivity contribution in [3.63, 3.8) is 0 Å². The Labute approximate surface area is 107 Å². The third kappa shape index (κ3) is 2.43. The second-order valence-corrected chi connectivity index (χ2v) is 4.69. The van der Waals surface area contributed by atoms with E-state index in [-0.39, 0.29) is 12.2 Å². The van der Waals surface area contributed by atoms with Crippen LogP contribution in [0.4, 0.5) is 0 Å². The highest BCUT2D eigenvalue weighted by molar-refractivity contribution is 7.07. The zero-order valence-corrected chi connectivity index (χ0v) is 10.4. The SMILES string of the molecule is O=C(Cc1cccc(Cl)c1Cl)c1cscn1. The summed E-state index contributed by atoms with van der Waals surface area (Å²) in [6.07, 6.45) is 0.225. The van der Waals surface area contributed by atoms with E-state index in [0.717, 1.165) is 5.56 Å². The van der Waals surface area contributed by atoms with Crippen molar-refractivity contribution in [3.8, 4) is 0 Å². The Morgan fingerprint density at radius 2 is 2.19 bits per heavy atom. The lowest BCUT2D eigenvalue weighted by Gasteiger charge is -2.03. The average Bonchev–Trinajstić information content (AvgIpc) is 2.78. The van der Waals surface area contributed by atoms with Gasteiger partial charge in [-0.15, -0.1) is 11.3 Å². The van der Waals surface area contributed by atoms with E-state index < -0.39 is 0 Å². The Morgan fingerprint density at radius 1 is 1.38 bits per heavy atom.